The number of carbonyl (C=O) groups excluding carboxylic acids is 2. The predicted molar refractivity (Wildman–Crippen MR) is 122 cm³/mol. The third-order valence-electron chi connectivity index (χ3n) is 4.79. The maximum absolute atomic E-state index is 12.6. The largest absolute Gasteiger partial charge is 0.462 e. The lowest BCUT2D eigenvalue weighted by Gasteiger charge is -2.09. The molecule has 0 saturated carbocycles. The quantitative estimate of drug-likeness (QED) is 0.340. The molecule has 0 unspecified atom stereocenters. The number of rotatable bonds is 7. The average molecular weight is 435 g/mol. The number of imidazole rings is 1. The molecular formula is C23H22N4O3S. The predicted octanol–water partition coefficient (Wildman–Crippen LogP) is 4.51. The summed E-state index contributed by atoms with van der Waals surface area (Å²) in [6.07, 6.45) is 1.73. The van der Waals surface area contributed by atoms with E-state index in [0.717, 1.165) is 27.3 Å². The first kappa shape index (κ1) is 20.9. The average Bonchev–Trinajstić information content (AvgIpc) is 3.15. The van der Waals surface area contributed by atoms with Crippen LogP contribution in [0.4, 0.5) is 5.69 Å². The van der Waals surface area contributed by atoms with Gasteiger partial charge in [0.1, 0.15) is 0 Å². The molecule has 1 N–H and O–H groups in total. The van der Waals surface area contributed by atoms with Gasteiger partial charge in [0.05, 0.1) is 40.2 Å². The monoisotopic (exact) mass is 434 g/mol. The number of aromatic nitrogens is 3. The summed E-state index contributed by atoms with van der Waals surface area (Å²) in [5.74, 6) is -0.276. The topological polar surface area (TPSA) is 86.1 Å². The number of fused-ring (bicyclic) bond motifs is 2. The number of thioether (sulfide) groups is 1. The van der Waals surface area contributed by atoms with Crippen LogP contribution in [0, 0.1) is 0 Å². The molecular weight excluding hydrogens is 412 g/mol. The molecule has 158 valence electrons. The van der Waals surface area contributed by atoms with E-state index in [-0.39, 0.29) is 17.6 Å². The molecule has 4 rings (SSSR count). The summed E-state index contributed by atoms with van der Waals surface area (Å²) < 4.78 is 7.10. The van der Waals surface area contributed by atoms with E-state index >= 15 is 0 Å². The van der Waals surface area contributed by atoms with Crippen LogP contribution in [0.3, 0.4) is 0 Å². The first-order valence-corrected chi connectivity index (χ1v) is 11.0. The van der Waals surface area contributed by atoms with Crippen LogP contribution in [-0.4, -0.2) is 38.8 Å². The fourth-order valence-corrected chi connectivity index (χ4v) is 4.27. The minimum absolute atomic E-state index is 0.122. The van der Waals surface area contributed by atoms with Gasteiger partial charge in [-0.2, -0.15) is 0 Å². The minimum atomic E-state index is -0.367. The van der Waals surface area contributed by atoms with E-state index in [4.69, 9.17) is 4.74 Å². The smallest absolute Gasteiger partial charge is 0.338 e. The van der Waals surface area contributed by atoms with Crippen molar-refractivity contribution in [3.8, 4) is 0 Å². The number of hydrogen-bond acceptors (Lipinski definition) is 6. The summed E-state index contributed by atoms with van der Waals surface area (Å²) in [5.41, 5.74) is 3.65. The number of amides is 1. The molecule has 2 aromatic heterocycles. The summed E-state index contributed by atoms with van der Waals surface area (Å²) in [6, 6.07) is 14.8. The Labute approximate surface area is 183 Å². The Morgan fingerprint density at radius 1 is 1.10 bits per heavy atom. The van der Waals surface area contributed by atoms with Crippen LogP contribution in [0.25, 0.3) is 21.9 Å². The lowest BCUT2D eigenvalue weighted by molar-refractivity contribution is -0.113. The summed E-state index contributed by atoms with van der Waals surface area (Å²) >= 11 is 1.36. The van der Waals surface area contributed by atoms with Gasteiger partial charge in [-0.1, -0.05) is 17.8 Å². The van der Waals surface area contributed by atoms with Crippen molar-refractivity contribution in [2.45, 2.75) is 25.5 Å². The third-order valence-corrected chi connectivity index (χ3v) is 5.77. The minimum Gasteiger partial charge on any atom is -0.462 e. The molecule has 0 fully saturated rings. The van der Waals surface area contributed by atoms with E-state index in [1.807, 2.05) is 47.9 Å². The van der Waals surface area contributed by atoms with Crippen LogP contribution in [-0.2, 0) is 16.1 Å². The highest BCUT2D eigenvalue weighted by Gasteiger charge is 2.15. The van der Waals surface area contributed by atoms with Gasteiger partial charge in [-0.25, -0.2) is 9.78 Å². The molecule has 0 aliphatic carbocycles. The maximum atomic E-state index is 12.6. The highest BCUT2D eigenvalue weighted by molar-refractivity contribution is 7.99. The first-order chi connectivity index (χ1) is 15.1. The molecule has 4 aromatic rings. The Morgan fingerprint density at radius 2 is 1.97 bits per heavy atom. The van der Waals surface area contributed by atoms with E-state index in [1.54, 1.807) is 25.3 Å². The van der Waals surface area contributed by atoms with Crippen molar-refractivity contribution >= 4 is 51.3 Å². The summed E-state index contributed by atoms with van der Waals surface area (Å²) in [7, 11) is 0. The number of hydrogen-bond donors (Lipinski definition) is 1. The SMILES string of the molecule is CCOC(=O)c1ccc2c(c1)nc(SCC(=O)Nc1cccc3ncccc13)n2CC. The zero-order valence-corrected chi connectivity index (χ0v) is 18.1. The molecule has 0 spiro atoms. The molecule has 7 nitrogen and oxygen atoms in total. The van der Waals surface area contributed by atoms with E-state index < -0.39 is 0 Å². The van der Waals surface area contributed by atoms with E-state index in [0.29, 0.717) is 24.2 Å². The van der Waals surface area contributed by atoms with Gasteiger partial charge in [-0.05, 0) is 56.3 Å². The molecule has 0 aliphatic rings. The van der Waals surface area contributed by atoms with Gasteiger partial charge in [0.15, 0.2) is 5.16 Å². The molecule has 0 atom stereocenters. The highest BCUT2D eigenvalue weighted by atomic mass is 32.2. The summed E-state index contributed by atoms with van der Waals surface area (Å²) in [5, 5.41) is 4.60. The normalized spacial score (nSPS) is 11.0. The van der Waals surface area contributed by atoms with Crippen LogP contribution in [0.15, 0.2) is 59.9 Å². The number of anilines is 1. The third kappa shape index (κ3) is 4.39. The fourth-order valence-electron chi connectivity index (χ4n) is 3.39. The van der Waals surface area contributed by atoms with Gasteiger partial charge < -0.3 is 14.6 Å². The summed E-state index contributed by atoms with van der Waals surface area (Å²) in [6.45, 7) is 4.82. The van der Waals surface area contributed by atoms with E-state index in [9.17, 15) is 9.59 Å². The second kappa shape index (κ2) is 9.18. The number of nitrogens with one attached hydrogen (secondary N) is 1. The molecule has 2 aromatic carbocycles. The number of carbonyl (C=O) groups is 2. The molecule has 0 radical (unpaired) electrons. The number of aryl methyl sites for hydroxylation is 1. The Morgan fingerprint density at radius 3 is 2.77 bits per heavy atom. The number of benzene rings is 2. The molecule has 2 heterocycles. The van der Waals surface area contributed by atoms with Crippen molar-refractivity contribution in [1.82, 2.24) is 14.5 Å². The maximum Gasteiger partial charge on any atom is 0.338 e. The number of pyridine rings is 1. The second-order valence-electron chi connectivity index (χ2n) is 6.78. The van der Waals surface area contributed by atoms with Crippen molar-refractivity contribution in [2.75, 3.05) is 17.7 Å². The van der Waals surface area contributed by atoms with Gasteiger partial charge in [-0.15, -0.1) is 0 Å². The Hall–Kier alpha value is -3.39. The zero-order chi connectivity index (χ0) is 21.8. The standard InChI is InChI=1S/C23H22N4O3S/c1-3-27-20-11-10-15(22(29)30-4-2)13-19(20)26-23(27)31-14-21(28)25-18-9-5-8-17-16(18)7-6-12-24-17/h5-13H,3-4,14H2,1-2H3,(H,25,28). The van der Waals surface area contributed by atoms with Gasteiger partial charge in [0, 0.05) is 18.1 Å². The Bertz CT molecular complexity index is 1260. The zero-order valence-electron chi connectivity index (χ0n) is 17.3. The molecule has 1 amide bonds. The van der Waals surface area contributed by atoms with Crippen molar-refractivity contribution in [3.05, 3.63) is 60.3 Å². The first-order valence-electron chi connectivity index (χ1n) is 10.0. The van der Waals surface area contributed by atoms with Crippen LogP contribution in [0.1, 0.15) is 24.2 Å². The van der Waals surface area contributed by atoms with Crippen LogP contribution >= 0.6 is 11.8 Å². The summed E-state index contributed by atoms with van der Waals surface area (Å²) in [4.78, 5) is 33.6. The molecule has 0 saturated heterocycles. The van der Waals surface area contributed by atoms with Gasteiger partial charge in [0.2, 0.25) is 5.91 Å². The van der Waals surface area contributed by atoms with E-state index in [1.165, 1.54) is 11.8 Å². The number of ether oxygens (including phenoxy) is 1. The molecule has 0 aliphatic heterocycles. The van der Waals surface area contributed by atoms with Crippen LogP contribution in [0.2, 0.25) is 0 Å². The lowest BCUT2D eigenvalue weighted by atomic mass is 10.2. The Balaban J connectivity index is 1.51. The van der Waals surface area contributed by atoms with Crippen molar-refractivity contribution in [3.63, 3.8) is 0 Å². The van der Waals surface area contributed by atoms with Gasteiger partial charge in [-0.3, -0.25) is 9.78 Å². The molecule has 8 heteroatoms. The second-order valence-corrected chi connectivity index (χ2v) is 7.72. The molecule has 31 heavy (non-hydrogen) atoms. The van der Waals surface area contributed by atoms with E-state index in [2.05, 4.69) is 15.3 Å². The molecule has 0 bridgehead atoms. The van der Waals surface area contributed by atoms with Crippen molar-refractivity contribution in [2.24, 2.45) is 0 Å². The van der Waals surface area contributed by atoms with Crippen LogP contribution < -0.4 is 5.32 Å². The number of esters is 1. The lowest BCUT2D eigenvalue weighted by Crippen LogP contribution is -2.14. The fraction of sp³-hybridized carbons (Fsp3) is 0.217. The van der Waals surface area contributed by atoms with Crippen molar-refractivity contribution in [1.29, 1.82) is 0 Å². The number of nitrogens with zero attached hydrogens (tertiary/aromatic N) is 3. The van der Waals surface area contributed by atoms with Crippen molar-refractivity contribution < 1.29 is 14.3 Å². The highest BCUT2D eigenvalue weighted by Crippen LogP contribution is 2.26. The Kier molecular flexibility index (Phi) is 6.18. The van der Waals surface area contributed by atoms with Crippen LogP contribution in [0.5, 0.6) is 0 Å². The van der Waals surface area contributed by atoms with Gasteiger partial charge in [0.25, 0.3) is 0 Å². The van der Waals surface area contributed by atoms with Gasteiger partial charge >= 0.3 is 5.97 Å².